The van der Waals surface area contributed by atoms with E-state index in [1.54, 1.807) is 24.9 Å². The molecule has 8 nitrogen and oxygen atoms in total. The Hall–Kier alpha value is -3.09. The maximum atomic E-state index is 11.2. The largest absolute Gasteiger partial charge is 0.477 e. The highest BCUT2D eigenvalue weighted by Crippen LogP contribution is 2.29. The van der Waals surface area contributed by atoms with Crippen molar-refractivity contribution in [1.82, 2.24) is 10.6 Å². The molecule has 0 bridgehead atoms. The van der Waals surface area contributed by atoms with Gasteiger partial charge in [0.05, 0.1) is 16.7 Å². The van der Waals surface area contributed by atoms with Gasteiger partial charge < -0.3 is 25.4 Å². The summed E-state index contributed by atoms with van der Waals surface area (Å²) in [6, 6.07) is 1.63. The van der Waals surface area contributed by atoms with Gasteiger partial charge in [0.25, 0.3) is 0 Å². The van der Waals surface area contributed by atoms with Crippen molar-refractivity contribution in [3.8, 4) is 11.8 Å². The van der Waals surface area contributed by atoms with Gasteiger partial charge in [-0.15, -0.1) is 11.3 Å². The maximum absolute atomic E-state index is 11.2. The minimum Gasteiger partial charge on any atom is -0.477 e. The van der Waals surface area contributed by atoms with Gasteiger partial charge >= 0.3 is 5.97 Å². The van der Waals surface area contributed by atoms with Crippen molar-refractivity contribution in [3.63, 3.8) is 0 Å². The van der Waals surface area contributed by atoms with Crippen molar-refractivity contribution in [2.45, 2.75) is 99.5 Å². The van der Waals surface area contributed by atoms with Crippen molar-refractivity contribution >= 4 is 35.3 Å². The second kappa shape index (κ2) is 21.6. The topological polar surface area (TPSA) is 108 Å². The van der Waals surface area contributed by atoms with Gasteiger partial charge in [0, 0.05) is 31.8 Å². The van der Waals surface area contributed by atoms with Gasteiger partial charge in [-0.25, -0.2) is 4.79 Å². The molecule has 2 atom stereocenters. The Bertz CT molecular complexity index is 1080. The SMILES string of the molecule is CC1=CCC[C@@H](C)C1.CCCCC(CC)OCNC(=O)/C=C\NC.CN(C=O)c1cc(C#CC(C)(C)C)sc1C(=O)O. The molecule has 42 heavy (non-hydrogen) atoms. The molecule has 1 unspecified atom stereocenters. The number of amides is 2. The normalized spacial score (nSPS) is 15.0. The van der Waals surface area contributed by atoms with Gasteiger partial charge in [0.1, 0.15) is 11.6 Å². The van der Waals surface area contributed by atoms with Gasteiger partial charge in [0.15, 0.2) is 0 Å². The highest BCUT2D eigenvalue weighted by atomic mass is 32.1. The number of anilines is 1. The fourth-order valence-corrected chi connectivity index (χ4v) is 4.69. The van der Waals surface area contributed by atoms with Crippen LogP contribution in [0, 0.1) is 23.2 Å². The average molecular weight is 604 g/mol. The number of nitrogens with zero attached hydrogens (tertiary/aromatic N) is 1. The lowest BCUT2D eigenvalue weighted by molar-refractivity contribution is -0.119. The lowest BCUT2D eigenvalue weighted by Crippen LogP contribution is -2.27. The fraction of sp³-hybridized carbons (Fsp3) is 0.606. The Kier molecular flexibility index (Phi) is 20.0. The first-order valence-corrected chi connectivity index (χ1v) is 15.6. The molecule has 0 aliphatic heterocycles. The first-order chi connectivity index (χ1) is 19.8. The Morgan fingerprint density at radius 3 is 2.48 bits per heavy atom. The van der Waals surface area contributed by atoms with Crippen LogP contribution in [0.1, 0.15) is 108 Å². The molecule has 0 saturated carbocycles. The minimum atomic E-state index is -1.05. The number of hydrogen-bond acceptors (Lipinski definition) is 6. The third-order valence-electron chi connectivity index (χ3n) is 6.13. The third kappa shape index (κ3) is 18.4. The van der Waals surface area contributed by atoms with E-state index >= 15 is 0 Å². The molecule has 1 aromatic rings. The van der Waals surface area contributed by atoms with E-state index in [0.717, 1.165) is 30.1 Å². The summed E-state index contributed by atoms with van der Waals surface area (Å²) in [5.41, 5.74) is 1.81. The van der Waals surface area contributed by atoms with Crippen molar-refractivity contribution < 1.29 is 24.2 Å². The number of unbranched alkanes of at least 4 members (excludes halogenated alkanes) is 1. The molecular weight excluding hydrogens is 550 g/mol. The second-order valence-corrected chi connectivity index (χ2v) is 12.5. The molecule has 9 heteroatoms. The van der Waals surface area contributed by atoms with Crippen LogP contribution >= 0.6 is 11.3 Å². The Morgan fingerprint density at radius 2 is 2.00 bits per heavy atom. The molecule has 0 saturated heterocycles. The van der Waals surface area contributed by atoms with Crippen molar-refractivity contribution in [3.05, 3.63) is 39.7 Å². The molecule has 2 amide bonds. The Labute approximate surface area is 258 Å². The number of nitrogens with one attached hydrogen (secondary N) is 2. The number of aromatic carboxylic acids is 1. The number of carboxylic acid groups (broad SMARTS) is 1. The number of thiophene rings is 1. The summed E-state index contributed by atoms with van der Waals surface area (Å²) in [5, 5.41) is 14.5. The number of allylic oxidation sites excluding steroid dienone is 2. The summed E-state index contributed by atoms with van der Waals surface area (Å²) >= 11 is 1.08. The fourth-order valence-electron chi connectivity index (χ4n) is 3.80. The van der Waals surface area contributed by atoms with Crippen LogP contribution in [0.15, 0.2) is 30.0 Å². The summed E-state index contributed by atoms with van der Waals surface area (Å²) in [6.45, 7) is 15.0. The summed E-state index contributed by atoms with van der Waals surface area (Å²) in [4.78, 5) is 35.0. The number of hydrogen-bond donors (Lipinski definition) is 3. The summed E-state index contributed by atoms with van der Waals surface area (Å²) < 4.78 is 5.56. The first kappa shape index (κ1) is 38.9. The van der Waals surface area contributed by atoms with E-state index in [-0.39, 0.29) is 29.0 Å². The molecule has 0 spiro atoms. The maximum Gasteiger partial charge on any atom is 0.348 e. The van der Waals surface area contributed by atoms with Crippen LogP contribution < -0.4 is 15.5 Å². The van der Waals surface area contributed by atoms with E-state index in [4.69, 9.17) is 9.84 Å². The smallest absolute Gasteiger partial charge is 0.348 e. The minimum absolute atomic E-state index is 0.128. The van der Waals surface area contributed by atoms with Gasteiger partial charge in [-0.3, -0.25) is 9.59 Å². The van der Waals surface area contributed by atoms with Gasteiger partial charge in [0.2, 0.25) is 12.3 Å². The molecule has 0 aromatic carbocycles. The highest BCUT2D eigenvalue weighted by molar-refractivity contribution is 7.15. The van der Waals surface area contributed by atoms with E-state index in [0.29, 0.717) is 17.0 Å². The van der Waals surface area contributed by atoms with Crippen LogP contribution in [0.25, 0.3) is 0 Å². The molecule has 1 aromatic heterocycles. The zero-order chi connectivity index (χ0) is 32.1. The molecule has 2 rings (SSSR count). The van der Waals surface area contributed by atoms with Crippen LogP contribution in [0.5, 0.6) is 0 Å². The third-order valence-corrected chi connectivity index (χ3v) is 7.16. The van der Waals surface area contributed by atoms with Crippen molar-refractivity contribution in [2.24, 2.45) is 11.3 Å². The van der Waals surface area contributed by atoms with E-state index in [9.17, 15) is 14.4 Å². The standard InChI is InChI=1S/C13H15NO3S.C12H24N2O2.C8H14/c1-13(2,3)6-5-9-7-10(14(4)8-15)11(18-9)12(16)17;1-4-6-7-11(5-2)16-10-14-12(15)8-9-13-3;1-7-4-3-5-8(2)6-7/h7-8H,1-4H3,(H,16,17);8-9,11,13H,4-7,10H2,1-3H3,(H,14,15);4,8H,3,5-6H2,1-2H3/b;9-8-;/t;;8-/m..1/s1. The lowest BCUT2D eigenvalue weighted by Gasteiger charge is -2.15. The molecule has 236 valence electrons. The van der Waals surface area contributed by atoms with Crippen LogP contribution in [0.3, 0.4) is 0 Å². The molecule has 0 fully saturated rings. The van der Waals surface area contributed by atoms with Gasteiger partial charge in [-0.05, 0) is 71.8 Å². The summed E-state index contributed by atoms with van der Waals surface area (Å²) in [7, 11) is 3.26. The summed E-state index contributed by atoms with van der Waals surface area (Å²) in [6.07, 6.45) is 14.7. The molecular formula is C33H53N3O5S. The van der Waals surface area contributed by atoms with Crippen molar-refractivity contribution in [2.75, 3.05) is 25.7 Å². The first-order valence-electron chi connectivity index (χ1n) is 14.7. The average Bonchev–Trinajstić information content (AvgIpc) is 3.37. The number of ether oxygens (including phenoxy) is 1. The van der Waals surface area contributed by atoms with Gasteiger partial charge in [-0.2, -0.15) is 0 Å². The van der Waals surface area contributed by atoms with Crippen LogP contribution in [0.4, 0.5) is 5.69 Å². The van der Waals surface area contributed by atoms with E-state index < -0.39 is 5.97 Å². The van der Waals surface area contributed by atoms with Gasteiger partial charge in [-0.1, -0.05) is 57.1 Å². The van der Waals surface area contributed by atoms with Crippen LogP contribution in [0.2, 0.25) is 0 Å². The van der Waals surface area contributed by atoms with E-state index in [1.807, 2.05) is 20.8 Å². The number of rotatable bonds is 12. The van der Waals surface area contributed by atoms with E-state index in [2.05, 4.69) is 56.2 Å². The molecule has 3 N–H and O–H groups in total. The van der Waals surface area contributed by atoms with Crippen LogP contribution in [-0.2, 0) is 14.3 Å². The highest BCUT2D eigenvalue weighted by Gasteiger charge is 2.18. The second-order valence-electron chi connectivity index (χ2n) is 11.4. The number of carbonyl (C=O) groups excluding carboxylic acids is 2. The monoisotopic (exact) mass is 603 g/mol. The Morgan fingerprint density at radius 1 is 1.31 bits per heavy atom. The molecule has 1 heterocycles. The number of carbonyl (C=O) groups is 3. The van der Waals surface area contributed by atoms with E-state index in [1.165, 1.54) is 50.1 Å². The van der Waals surface area contributed by atoms with Crippen molar-refractivity contribution in [1.29, 1.82) is 0 Å². The zero-order valence-corrected chi connectivity index (χ0v) is 28.0. The van der Waals surface area contributed by atoms with Crippen LogP contribution in [-0.4, -0.2) is 50.3 Å². The predicted octanol–water partition coefficient (Wildman–Crippen LogP) is 6.97. The Balaban J connectivity index is 0.000000641. The number of carboxylic acids is 1. The quantitative estimate of drug-likeness (QED) is 0.0783. The molecule has 1 aliphatic rings. The predicted molar refractivity (Wildman–Crippen MR) is 175 cm³/mol. The lowest BCUT2D eigenvalue weighted by atomic mass is 9.91. The zero-order valence-electron chi connectivity index (χ0n) is 27.1. The summed E-state index contributed by atoms with van der Waals surface area (Å²) in [5.74, 6) is 5.73. The molecule has 1 aliphatic carbocycles. The molecule has 0 radical (unpaired) electrons.